The molecule has 0 nitrogen and oxygen atoms in total. The summed E-state index contributed by atoms with van der Waals surface area (Å²) >= 11 is 0. The summed E-state index contributed by atoms with van der Waals surface area (Å²) in [5.74, 6) is 4.55. The normalized spacial score (nSPS) is 39.9. The second-order valence-corrected chi connectivity index (χ2v) is 7.14. The average Bonchev–Trinajstić information content (AvgIpc) is 2.40. The third-order valence-electron chi connectivity index (χ3n) is 6.08. The SMILES string of the molecule is C1CCC(CC2CCCC3CCCCC32)CC1. The Bertz CT molecular complexity index is 224. The number of hydrogen-bond donors (Lipinski definition) is 0. The predicted molar refractivity (Wildman–Crippen MR) is 74.0 cm³/mol. The van der Waals surface area contributed by atoms with Crippen LogP contribution in [0.25, 0.3) is 0 Å². The van der Waals surface area contributed by atoms with Gasteiger partial charge in [-0.1, -0.05) is 70.6 Å². The second-order valence-electron chi connectivity index (χ2n) is 7.14. The largest absolute Gasteiger partial charge is 0.0533 e. The third kappa shape index (κ3) is 2.88. The molecule has 3 fully saturated rings. The first kappa shape index (κ1) is 12.1. The first-order valence-corrected chi connectivity index (χ1v) is 8.43. The van der Waals surface area contributed by atoms with Crippen LogP contribution in [-0.2, 0) is 0 Å². The molecule has 98 valence electrons. The van der Waals surface area contributed by atoms with Gasteiger partial charge in [0.2, 0.25) is 0 Å². The first-order valence-electron chi connectivity index (χ1n) is 8.43. The number of hydrogen-bond acceptors (Lipinski definition) is 0. The molecule has 0 aromatic heterocycles. The van der Waals surface area contributed by atoms with Crippen molar-refractivity contribution in [3.63, 3.8) is 0 Å². The molecule has 0 heteroatoms. The van der Waals surface area contributed by atoms with Crippen molar-refractivity contribution in [3.8, 4) is 0 Å². The maximum absolute atomic E-state index is 1.61. The van der Waals surface area contributed by atoms with Crippen molar-refractivity contribution in [2.24, 2.45) is 23.7 Å². The molecule has 0 radical (unpaired) electrons. The van der Waals surface area contributed by atoms with Gasteiger partial charge in [0.25, 0.3) is 0 Å². The molecule has 3 aliphatic rings. The Morgan fingerprint density at radius 1 is 0.588 bits per heavy atom. The zero-order valence-corrected chi connectivity index (χ0v) is 11.5. The van der Waals surface area contributed by atoms with Crippen LogP contribution in [0.3, 0.4) is 0 Å². The molecule has 17 heavy (non-hydrogen) atoms. The highest BCUT2D eigenvalue weighted by Gasteiger charge is 2.35. The first-order chi connectivity index (χ1) is 8.43. The molecule has 3 aliphatic carbocycles. The summed E-state index contributed by atoms with van der Waals surface area (Å²) in [6.45, 7) is 0. The molecular weight excluding hydrogens is 204 g/mol. The Labute approximate surface area is 108 Å². The molecule has 0 aromatic carbocycles. The Balaban J connectivity index is 1.56. The van der Waals surface area contributed by atoms with Crippen molar-refractivity contribution < 1.29 is 0 Å². The van der Waals surface area contributed by atoms with Gasteiger partial charge in [0, 0.05) is 0 Å². The molecule has 0 saturated heterocycles. The smallest absolute Gasteiger partial charge is 0.0357 e. The van der Waals surface area contributed by atoms with E-state index in [2.05, 4.69) is 0 Å². The van der Waals surface area contributed by atoms with Crippen molar-refractivity contribution in [1.82, 2.24) is 0 Å². The molecule has 0 amide bonds. The van der Waals surface area contributed by atoms with Crippen LogP contribution in [0.15, 0.2) is 0 Å². The van der Waals surface area contributed by atoms with Gasteiger partial charge < -0.3 is 0 Å². The van der Waals surface area contributed by atoms with Crippen LogP contribution in [-0.4, -0.2) is 0 Å². The van der Waals surface area contributed by atoms with Gasteiger partial charge >= 0.3 is 0 Å². The monoisotopic (exact) mass is 234 g/mol. The topological polar surface area (TPSA) is 0 Å². The molecule has 3 atom stereocenters. The van der Waals surface area contributed by atoms with Gasteiger partial charge in [0.15, 0.2) is 0 Å². The Kier molecular flexibility index (Phi) is 4.08. The molecule has 3 unspecified atom stereocenters. The summed E-state index contributed by atoms with van der Waals surface area (Å²) < 4.78 is 0. The lowest BCUT2D eigenvalue weighted by Crippen LogP contribution is -2.32. The van der Waals surface area contributed by atoms with Crippen LogP contribution in [0.1, 0.15) is 83.5 Å². The van der Waals surface area contributed by atoms with Crippen LogP contribution in [0, 0.1) is 23.7 Å². The van der Waals surface area contributed by atoms with Gasteiger partial charge in [-0.25, -0.2) is 0 Å². The van der Waals surface area contributed by atoms with Crippen molar-refractivity contribution in [2.75, 3.05) is 0 Å². The molecule has 0 aliphatic heterocycles. The lowest BCUT2D eigenvalue weighted by atomic mass is 9.63. The van der Waals surface area contributed by atoms with Crippen LogP contribution < -0.4 is 0 Å². The molecule has 0 heterocycles. The van der Waals surface area contributed by atoms with Gasteiger partial charge in [-0.3, -0.25) is 0 Å². The lowest BCUT2D eigenvalue weighted by molar-refractivity contribution is 0.0809. The van der Waals surface area contributed by atoms with Gasteiger partial charge in [-0.05, 0) is 36.5 Å². The second kappa shape index (κ2) is 5.76. The van der Waals surface area contributed by atoms with E-state index in [1.54, 1.807) is 57.8 Å². The molecule has 3 rings (SSSR count). The maximum atomic E-state index is 1.61. The van der Waals surface area contributed by atoms with Gasteiger partial charge in [-0.15, -0.1) is 0 Å². The number of fused-ring (bicyclic) bond motifs is 1. The van der Waals surface area contributed by atoms with Crippen molar-refractivity contribution in [1.29, 1.82) is 0 Å². The summed E-state index contributed by atoms with van der Waals surface area (Å²) in [6, 6.07) is 0. The van der Waals surface area contributed by atoms with Crippen molar-refractivity contribution >= 4 is 0 Å². The molecule has 3 saturated carbocycles. The van der Waals surface area contributed by atoms with Gasteiger partial charge in [-0.2, -0.15) is 0 Å². The Morgan fingerprint density at radius 2 is 1.29 bits per heavy atom. The highest BCUT2D eigenvalue weighted by atomic mass is 14.4. The molecule has 0 aromatic rings. The average molecular weight is 234 g/mol. The molecule has 0 bridgehead atoms. The van der Waals surface area contributed by atoms with E-state index in [0.717, 1.165) is 23.7 Å². The van der Waals surface area contributed by atoms with E-state index in [-0.39, 0.29) is 0 Å². The van der Waals surface area contributed by atoms with E-state index >= 15 is 0 Å². The van der Waals surface area contributed by atoms with E-state index in [1.807, 2.05) is 0 Å². The summed E-state index contributed by atoms with van der Waals surface area (Å²) in [6.07, 6.45) is 20.3. The lowest BCUT2D eigenvalue weighted by Gasteiger charge is -2.43. The van der Waals surface area contributed by atoms with E-state index < -0.39 is 0 Å². The predicted octanol–water partition coefficient (Wildman–Crippen LogP) is 5.56. The van der Waals surface area contributed by atoms with Gasteiger partial charge in [0.05, 0.1) is 0 Å². The fourth-order valence-electron chi connectivity index (χ4n) is 5.22. The van der Waals surface area contributed by atoms with E-state index in [1.165, 1.54) is 25.7 Å². The van der Waals surface area contributed by atoms with Crippen molar-refractivity contribution in [2.45, 2.75) is 83.5 Å². The number of rotatable bonds is 2. The zero-order valence-electron chi connectivity index (χ0n) is 11.5. The van der Waals surface area contributed by atoms with Crippen LogP contribution >= 0.6 is 0 Å². The summed E-state index contributed by atoms with van der Waals surface area (Å²) in [5.41, 5.74) is 0. The fraction of sp³-hybridized carbons (Fsp3) is 1.00. The highest BCUT2D eigenvalue weighted by molar-refractivity contribution is 4.86. The maximum Gasteiger partial charge on any atom is -0.0357 e. The Morgan fingerprint density at radius 3 is 2.18 bits per heavy atom. The van der Waals surface area contributed by atoms with Crippen LogP contribution in [0.4, 0.5) is 0 Å². The van der Waals surface area contributed by atoms with Crippen LogP contribution in [0.2, 0.25) is 0 Å². The summed E-state index contributed by atoms with van der Waals surface area (Å²) in [7, 11) is 0. The molecular formula is C17H30. The minimum absolute atomic E-state index is 1.12. The summed E-state index contributed by atoms with van der Waals surface area (Å²) in [5, 5.41) is 0. The quantitative estimate of drug-likeness (QED) is 0.586. The van der Waals surface area contributed by atoms with Gasteiger partial charge in [0.1, 0.15) is 0 Å². The summed E-state index contributed by atoms with van der Waals surface area (Å²) in [4.78, 5) is 0. The van der Waals surface area contributed by atoms with Crippen LogP contribution in [0.5, 0.6) is 0 Å². The fourth-order valence-corrected chi connectivity index (χ4v) is 5.22. The minimum atomic E-state index is 1.12. The standard InChI is InChI=1S/C17H30/c1-2-7-14(8-3-1)13-16-11-6-10-15-9-4-5-12-17(15)16/h14-17H,1-13H2. The minimum Gasteiger partial charge on any atom is -0.0533 e. The van der Waals surface area contributed by atoms with Crippen molar-refractivity contribution in [3.05, 3.63) is 0 Å². The Hall–Kier alpha value is 0. The molecule has 0 N–H and O–H groups in total. The van der Waals surface area contributed by atoms with E-state index in [4.69, 9.17) is 0 Å². The molecule has 0 spiro atoms. The van der Waals surface area contributed by atoms with E-state index in [0.29, 0.717) is 0 Å². The highest BCUT2D eigenvalue weighted by Crippen LogP contribution is 2.47. The zero-order chi connectivity index (χ0) is 11.5. The van der Waals surface area contributed by atoms with E-state index in [9.17, 15) is 0 Å². The third-order valence-corrected chi connectivity index (χ3v) is 6.08.